The number of rotatable bonds is 1. The quantitative estimate of drug-likeness (QED) is 0.609. The highest BCUT2D eigenvalue weighted by Crippen LogP contribution is 2.32. The Morgan fingerprint density at radius 1 is 1.00 bits per heavy atom. The summed E-state index contributed by atoms with van der Waals surface area (Å²) in [6.07, 6.45) is 0. The summed E-state index contributed by atoms with van der Waals surface area (Å²) in [5.41, 5.74) is 8.24. The number of hydrogen-bond acceptors (Lipinski definition) is 2. The van der Waals surface area contributed by atoms with Crippen LogP contribution in [-0.2, 0) is 0 Å². The van der Waals surface area contributed by atoms with Crippen molar-refractivity contribution < 1.29 is 0 Å². The molecule has 3 aromatic rings. The van der Waals surface area contributed by atoms with Crippen LogP contribution < -0.4 is 5.73 Å². The van der Waals surface area contributed by atoms with Gasteiger partial charge in [-0.1, -0.05) is 34.8 Å². The Balaban J connectivity index is 2.32. The molecule has 7 heteroatoms. The predicted molar refractivity (Wildman–Crippen MR) is 88.2 cm³/mol. The molecule has 3 nitrogen and oxygen atoms in total. The summed E-state index contributed by atoms with van der Waals surface area (Å²) >= 11 is 21.5. The topological polar surface area (TPSA) is 43.8 Å². The Morgan fingerprint density at radius 3 is 2.40 bits per heavy atom. The number of benzene rings is 2. The van der Waals surface area contributed by atoms with E-state index in [1.54, 1.807) is 22.8 Å². The third kappa shape index (κ3) is 2.27. The van der Waals surface area contributed by atoms with E-state index in [1.807, 2.05) is 12.1 Å². The molecule has 0 atom stereocenters. The van der Waals surface area contributed by atoms with Gasteiger partial charge in [0.05, 0.1) is 31.8 Å². The van der Waals surface area contributed by atoms with E-state index < -0.39 is 0 Å². The van der Waals surface area contributed by atoms with Crippen molar-refractivity contribution in [2.24, 2.45) is 0 Å². The van der Waals surface area contributed by atoms with E-state index in [0.717, 1.165) is 15.7 Å². The lowest BCUT2D eigenvalue weighted by Gasteiger charge is -2.08. The number of aromatic nitrogens is 2. The molecule has 2 aromatic carbocycles. The number of hydrogen-bond donors (Lipinski definition) is 1. The molecule has 20 heavy (non-hydrogen) atoms. The van der Waals surface area contributed by atoms with Gasteiger partial charge in [0.15, 0.2) is 0 Å². The normalized spacial score (nSPS) is 11.2. The fourth-order valence-corrected chi connectivity index (χ4v) is 2.72. The lowest BCUT2D eigenvalue weighted by molar-refractivity contribution is 1.11. The minimum Gasteiger partial charge on any atom is -0.369 e. The molecule has 1 heterocycles. The second-order valence-electron chi connectivity index (χ2n) is 4.16. The lowest BCUT2D eigenvalue weighted by Crippen LogP contribution is -2.00. The maximum Gasteiger partial charge on any atom is 0.205 e. The monoisotopic (exact) mass is 389 g/mol. The summed E-state index contributed by atoms with van der Waals surface area (Å²) in [6.45, 7) is 0. The van der Waals surface area contributed by atoms with Gasteiger partial charge in [-0.05, 0) is 46.3 Å². The van der Waals surface area contributed by atoms with Crippen molar-refractivity contribution in [2.75, 3.05) is 5.73 Å². The third-order valence-electron chi connectivity index (χ3n) is 2.88. The second-order valence-corrected chi connectivity index (χ2v) is 6.23. The Hall–Kier alpha value is -0.940. The Kier molecular flexibility index (Phi) is 3.58. The molecule has 102 valence electrons. The first-order valence-electron chi connectivity index (χ1n) is 5.56. The van der Waals surface area contributed by atoms with Crippen molar-refractivity contribution in [3.05, 3.63) is 49.9 Å². The van der Waals surface area contributed by atoms with Crippen LogP contribution in [0.15, 0.2) is 34.8 Å². The average molecular weight is 391 g/mol. The molecule has 1 aromatic heterocycles. The molecule has 0 aliphatic carbocycles. The van der Waals surface area contributed by atoms with Gasteiger partial charge >= 0.3 is 0 Å². The summed E-state index contributed by atoms with van der Waals surface area (Å²) in [7, 11) is 0. The third-order valence-corrected chi connectivity index (χ3v) is 4.84. The van der Waals surface area contributed by atoms with E-state index in [0.29, 0.717) is 26.5 Å². The van der Waals surface area contributed by atoms with Gasteiger partial charge in [-0.15, -0.1) is 0 Å². The van der Waals surface area contributed by atoms with Crippen LogP contribution in [-0.4, -0.2) is 9.55 Å². The maximum absolute atomic E-state index is 6.12. The summed E-state index contributed by atoms with van der Waals surface area (Å²) in [4.78, 5) is 4.29. The van der Waals surface area contributed by atoms with E-state index in [4.69, 9.17) is 40.5 Å². The summed E-state index contributed by atoms with van der Waals surface area (Å²) in [5, 5.41) is 1.48. The van der Waals surface area contributed by atoms with Crippen LogP contribution in [0.1, 0.15) is 0 Å². The van der Waals surface area contributed by atoms with E-state index in [1.165, 1.54) is 0 Å². The first-order valence-corrected chi connectivity index (χ1v) is 7.48. The molecule has 0 aliphatic heterocycles. The molecule has 0 spiro atoms. The van der Waals surface area contributed by atoms with Gasteiger partial charge in [0.25, 0.3) is 0 Å². The van der Waals surface area contributed by atoms with Crippen molar-refractivity contribution in [2.45, 2.75) is 0 Å². The van der Waals surface area contributed by atoms with Gasteiger partial charge in [-0.25, -0.2) is 4.98 Å². The van der Waals surface area contributed by atoms with Crippen LogP contribution in [0.25, 0.3) is 16.7 Å². The van der Waals surface area contributed by atoms with Gasteiger partial charge in [-0.2, -0.15) is 0 Å². The molecular weight excluding hydrogens is 384 g/mol. The minimum absolute atomic E-state index is 0.344. The van der Waals surface area contributed by atoms with Gasteiger partial charge in [0.2, 0.25) is 5.95 Å². The largest absolute Gasteiger partial charge is 0.369 e. The highest BCUT2D eigenvalue weighted by atomic mass is 79.9. The van der Waals surface area contributed by atoms with E-state index in [-0.39, 0.29) is 0 Å². The molecule has 0 bridgehead atoms. The van der Waals surface area contributed by atoms with Crippen LogP contribution in [0.3, 0.4) is 0 Å². The minimum atomic E-state index is 0.344. The summed E-state index contributed by atoms with van der Waals surface area (Å²) < 4.78 is 2.59. The van der Waals surface area contributed by atoms with Crippen LogP contribution >= 0.6 is 50.7 Å². The first-order chi connectivity index (χ1) is 9.47. The van der Waals surface area contributed by atoms with Crippen molar-refractivity contribution in [3.8, 4) is 5.69 Å². The zero-order valence-electron chi connectivity index (χ0n) is 9.87. The number of nitrogens with two attached hydrogens (primary N) is 1. The van der Waals surface area contributed by atoms with Crippen molar-refractivity contribution in [3.63, 3.8) is 0 Å². The van der Waals surface area contributed by atoms with E-state index in [2.05, 4.69) is 20.9 Å². The van der Waals surface area contributed by atoms with Crippen molar-refractivity contribution in [1.82, 2.24) is 9.55 Å². The molecule has 0 amide bonds. The number of halogens is 4. The highest BCUT2D eigenvalue weighted by Gasteiger charge is 2.13. The number of nitrogen functional groups attached to an aromatic ring is 1. The van der Waals surface area contributed by atoms with Gasteiger partial charge in [0.1, 0.15) is 0 Å². The first kappa shape index (κ1) is 14.0. The Bertz CT molecular complexity index is 829. The van der Waals surface area contributed by atoms with Crippen LogP contribution in [0, 0.1) is 0 Å². The summed E-state index contributed by atoms with van der Waals surface area (Å²) in [6, 6.07) is 8.95. The van der Waals surface area contributed by atoms with Crippen molar-refractivity contribution in [1.29, 1.82) is 0 Å². The molecule has 2 N–H and O–H groups in total. The van der Waals surface area contributed by atoms with Gasteiger partial charge < -0.3 is 5.73 Å². The molecule has 0 unspecified atom stereocenters. The molecular formula is C13H7BrCl3N3. The molecule has 0 aliphatic rings. The predicted octanol–water partition coefficient (Wildman–Crippen LogP) is 5.33. The highest BCUT2D eigenvalue weighted by molar-refractivity contribution is 9.10. The van der Waals surface area contributed by atoms with E-state index >= 15 is 0 Å². The molecule has 3 rings (SSSR count). The number of anilines is 1. The van der Waals surface area contributed by atoms with Crippen molar-refractivity contribution >= 4 is 67.7 Å². The smallest absolute Gasteiger partial charge is 0.205 e. The SMILES string of the molecule is Nc1nc2cc(Cl)c(Cl)cc2n1-c1ccc(Br)c(Cl)c1. The Morgan fingerprint density at radius 2 is 1.70 bits per heavy atom. The van der Waals surface area contributed by atoms with Crippen LogP contribution in [0.4, 0.5) is 5.95 Å². The Labute approximate surface area is 138 Å². The number of fused-ring (bicyclic) bond motifs is 1. The lowest BCUT2D eigenvalue weighted by atomic mass is 10.3. The standard InChI is InChI=1S/C13H7BrCl3N3/c14-7-2-1-6(3-8(7)15)20-12-5-10(17)9(16)4-11(12)19-13(20)18/h1-5H,(H2,18,19). The number of nitrogens with zero attached hydrogens (tertiary/aromatic N) is 2. The fourth-order valence-electron chi connectivity index (χ4n) is 1.99. The van der Waals surface area contributed by atoms with Crippen LogP contribution in [0.5, 0.6) is 0 Å². The molecule has 0 saturated heterocycles. The molecule has 0 saturated carbocycles. The average Bonchev–Trinajstić information content (AvgIpc) is 2.69. The molecule has 0 radical (unpaired) electrons. The number of imidazole rings is 1. The zero-order chi connectivity index (χ0) is 14.4. The van der Waals surface area contributed by atoms with Crippen LogP contribution in [0.2, 0.25) is 15.1 Å². The summed E-state index contributed by atoms with van der Waals surface area (Å²) in [5.74, 6) is 0.344. The zero-order valence-corrected chi connectivity index (χ0v) is 13.7. The van der Waals surface area contributed by atoms with Gasteiger partial charge in [-0.3, -0.25) is 4.57 Å². The van der Waals surface area contributed by atoms with E-state index in [9.17, 15) is 0 Å². The van der Waals surface area contributed by atoms with Gasteiger partial charge in [0, 0.05) is 4.47 Å². The molecule has 0 fully saturated rings. The fraction of sp³-hybridized carbons (Fsp3) is 0. The maximum atomic E-state index is 6.12. The second kappa shape index (κ2) is 5.11.